The van der Waals surface area contributed by atoms with E-state index in [1.54, 1.807) is 6.92 Å². The standard InChI is InChI=1S/C11H9ClN4O3/c1-5-13-9(16-15-5)10(17)14-6-2-3-8(12)7(4-6)11(18)19/h2-4H,1H3,(H,14,17)(H,18,19)(H,13,15,16). The highest BCUT2D eigenvalue weighted by Crippen LogP contribution is 2.20. The minimum Gasteiger partial charge on any atom is -0.478 e. The van der Waals surface area contributed by atoms with Crippen molar-refractivity contribution in [2.24, 2.45) is 0 Å². The van der Waals surface area contributed by atoms with Gasteiger partial charge in [-0.25, -0.2) is 9.78 Å². The maximum Gasteiger partial charge on any atom is 0.337 e. The van der Waals surface area contributed by atoms with Crippen LogP contribution in [0.5, 0.6) is 0 Å². The predicted molar refractivity (Wildman–Crippen MR) is 67.5 cm³/mol. The van der Waals surface area contributed by atoms with Gasteiger partial charge in [-0.05, 0) is 25.1 Å². The largest absolute Gasteiger partial charge is 0.478 e. The first kappa shape index (κ1) is 13.0. The number of carboxylic acid groups (broad SMARTS) is 1. The van der Waals surface area contributed by atoms with E-state index in [1.807, 2.05) is 0 Å². The van der Waals surface area contributed by atoms with Gasteiger partial charge in [-0.2, -0.15) is 0 Å². The lowest BCUT2D eigenvalue weighted by Gasteiger charge is -2.05. The number of carboxylic acids is 1. The summed E-state index contributed by atoms with van der Waals surface area (Å²) in [7, 11) is 0. The molecule has 0 saturated carbocycles. The number of aromatic nitrogens is 3. The van der Waals surface area contributed by atoms with Crippen molar-refractivity contribution in [3.8, 4) is 0 Å². The second-order valence-corrected chi connectivity index (χ2v) is 4.11. The zero-order valence-electron chi connectivity index (χ0n) is 9.77. The second kappa shape index (κ2) is 5.07. The molecule has 0 aliphatic carbocycles. The van der Waals surface area contributed by atoms with E-state index >= 15 is 0 Å². The van der Waals surface area contributed by atoms with Gasteiger partial charge in [0.1, 0.15) is 5.82 Å². The Hall–Kier alpha value is -2.41. The number of rotatable bonds is 3. The van der Waals surface area contributed by atoms with Crippen molar-refractivity contribution < 1.29 is 14.7 Å². The first-order valence-corrected chi connectivity index (χ1v) is 5.58. The third-order valence-corrected chi connectivity index (χ3v) is 2.58. The first-order chi connectivity index (χ1) is 8.97. The normalized spacial score (nSPS) is 10.2. The van der Waals surface area contributed by atoms with Crippen molar-refractivity contribution in [2.75, 3.05) is 5.32 Å². The SMILES string of the molecule is Cc1nc(C(=O)Nc2ccc(Cl)c(C(=O)O)c2)n[nH]1. The number of anilines is 1. The Morgan fingerprint density at radius 2 is 2.16 bits per heavy atom. The van der Waals surface area contributed by atoms with Gasteiger partial charge in [-0.3, -0.25) is 9.89 Å². The van der Waals surface area contributed by atoms with Crippen LogP contribution >= 0.6 is 11.6 Å². The number of hydrogen-bond donors (Lipinski definition) is 3. The van der Waals surface area contributed by atoms with Crippen LogP contribution in [0.25, 0.3) is 0 Å². The fraction of sp³-hybridized carbons (Fsp3) is 0.0909. The summed E-state index contributed by atoms with van der Waals surface area (Å²) in [5, 5.41) is 17.7. The molecule has 1 amide bonds. The van der Waals surface area contributed by atoms with Gasteiger partial charge in [0, 0.05) is 5.69 Å². The number of carbonyl (C=O) groups is 2. The minimum atomic E-state index is -1.17. The third kappa shape index (κ3) is 2.89. The van der Waals surface area contributed by atoms with Crippen molar-refractivity contribution in [1.82, 2.24) is 15.2 Å². The van der Waals surface area contributed by atoms with E-state index in [9.17, 15) is 9.59 Å². The Kier molecular flexibility index (Phi) is 3.48. The number of carbonyl (C=O) groups excluding carboxylic acids is 1. The Morgan fingerprint density at radius 1 is 1.42 bits per heavy atom. The lowest BCUT2D eigenvalue weighted by atomic mass is 10.2. The zero-order valence-corrected chi connectivity index (χ0v) is 10.5. The molecule has 3 N–H and O–H groups in total. The van der Waals surface area contributed by atoms with E-state index in [4.69, 9.17) is 16.7 Å². The average molecular weight is 281 g/mol. The Labute approximate surface area is 112 Å². The van der Waals surface area contributed by atoms with Crippen molar-refractivity contribution in [3.63, 3.8) is 0 Å². The number of halogens is 1. The molecule has 98 valence electrons. The number of H-pyrrole nitrogens is 1. The molecule has 0 fully saturated rings. The van der Waals surface area contributed by atoms with Gasteiger partial charge in [-0.1, -0.05) is 11.6 Å². The molecule has 0 radical (unpaired) electrons. The van der Waals surface area contributed by atoms with Crippen LogP contribution in [0.1, 0.15) is 26.8 Å². The van der Waals surface area contributed by atoms with Gasteiger partial charge >= 0.3 is 5.97 Å². The molecule has 2 rings (SSSR count). The smallest absolute Gasteiger partial charge is 0.337 e. The van der Waals surface area contributed by atoms with Crippen molar-refractivity contribution in [1.29, 1.82) is 0 Å². The summed E-state index contributed by atoms with van der Waals surface area (Å²) in [5.41, 5.74) is 0.208. The number of nitrogens with zero attached hydrogens (tertiary/aromatic N) is 2. The number of amides is 1. The van der Waals surface area contributed by atoms with Crippen LogP contribution in [0, 0.1) is 6.92 Å². The van der Waals surface area contributed by atoms with E-state index in [2.05, 4.69) is 20.5 Å². The molecule has 0 aliphatic heterocycles. The van der Waals surface area contributed by atoms with Gasteiger partial charge in [-0.15, -0.1) is 5.10 Å². The van der Waals surface area contributed by atoms with Crippen LogP contribution in [0.3, 0.4) is 0 Å². The van der Waals surface area contributed by atoms with Gasteiger partial charge < -0.3 is 10.4 Å². The minimum absolute atomic E-state index is 0.0238. The number of hydrogen-bond acceptors (Lipinski definition) is 4. The van der Waals surface area contributed by atoms with Crippen molar-refractivity contribution in [3.05, 3.63) is 40.4 Å². The molecule has 8 heteroatoms. The van der Waals surface area contributed by atoms with E-state index in [1.165, 1.54) is 18.2 Å². The summed E-state index contributed by atoms with van der Waals surface area (Å²) < 4.78 is 0. The molecule has 0 saturated heterocycles. The molecule has 0 spiro atoms. The fourth-order valence-electron chi connectivity index (χ4n) is 1.40. The van der Waals surface area contributed by atoms with E-state index in [0.29, 0.717) is 11.5 Å². The molecule has 7 nitrogen and oxygen atoms in total. The fourth-order valence-corrected chi connectivity index (χ4v) is 1.60. The summed E-state index contributed by atoms with van der Waals surface area (Å²) in [6, 6.07) is 4.15. The lowest BCUT2D eigenvalue weighted by Crippen LogP contribution is -2.14. The zero-order chi connectivity index (χ0) is 14.0. The number of aryl methyl sites for hydroxylation is 1. The molecule has 1 heterocycles. The number of nitrogens with one attached hydrogen (secondary N) is 2. The molecular weight excluding hydrogens is 272 g/mol. The molecule has 0 unspecified atom stereocenters. The Morgan fingerprint density at radius 3 is 2.74 bits per heavy atom. The monoisotopic (exact) mass is 280 g/mol. The molecule has 1 aromatic carbocycles. The molecule has 0 aliphatic rings. The van der Waals surface area contributed by atoms with Crippen molar-refractivity contribution >= 4 is 29.2 Å². The number of aromatic amines is 1. The number of benzene rings is 1. The summed E-state index contributed by atoms with van der Waals surface area (Å²) in [6.45, 7) is 1.66. The van der Waals surface area contributed by atoms with E-state index < -0.39 is 11.9 Å². The maximum absolute atomic E-state index is 11.8. The summed E-state index contributed by atoms with van der Waals surface area (Å²) in [5.74, 6) is -1.23. The lowest BCUT2D eigenvalue weighted by molar-refractivity contribution is 0.0696. The van der Waals surface area contributed by atoms with E-state index in [-0.39, 0.29) is 16.4 Å². The third-order valence-electron chi connectivity index (χ3n) is 2.25. The van der Waals surface area contributed by atoms with Gasteiger partial charge in [0.25, 0.3) is 5.91 Å². The average Bonchev–Trinajstić information content (AvgIpc) is 2.78. The van der Waals surface area contributed by atoms with Gasteiger partial charge in [0.15, 0.2) is 0 Å². The molecular formula is C11H9ClN4O3. The Bertz CT molecular complexity index is 653. The topological polar surface area (TPSA) is 108 Å². The van der Waals surface area contributed by atoms with Gasteiger partial charge in [0.2, 0.25) is 5.82 Å². The van der Waals surface area contributed by atoms with Crippen LogP contribution in [-0.4, -0.2) is 32.2 Å². The van der Waals surface area contributed by atoms with Crippen LogP contribution in [-0.2, 0) is 0 Å². The highest BCUT2D eigenvalue weighted by Gasteiger charge is 2.14. The second-order valence-electron chi connectivity index (χ2n) is 3.70. The van der Waals surface area contributed by atoms with Crippen LogP contribution in [0.15, 0.2) is 18.2 Å². The van der Waals surface area contributed by atoms with Crippen LogP contribution in [0.4, 0.5) is 5.69 Å². The molecule has 0 atom stereocenters. The van der Waals surface area contributed by atoms with Crippen LogP contribution < -0.4 is 5.32 Å². The number of aromatic carboxylic acids is 1. The van der Waals surface area contributed by atoms with E-state index in [0.717, 1.165) is 0 Å². The predicted octanol–water partition coefficient (Wildman–Crippen LogP) is 1.72. The highest BCUT2D eigenvalue weighted by molar-refractivity contribution is 6.33. The molecule has 1 aromatic heterocycles. The summed E-state index contributed by atoms with van der Waals surface area (Å²) in [4.78, 5) is 26.5. The molecule has 2 aromatic rings. The quantitative estimate of drug-likeness (QED) is 0.793. The highest BCUT2D eigenvalue weighted by atomic mass is 35.5. The van der Waals surface area contributed by atoms with Crippen molar-refractivity contribution in [2.45, 2.75) is 6.92 Å². The molecule has 19 heavy (non-hydrogen) atoms. The van der Waals surface area contributed by atoms with Crippen LogP contribution in [0.2, 0.25) is 5.02 Å². The maximum atomic E-state index is 11.8. The molecule has 0 bridgehead atoms. The Balaban J connectivity index is 2.22. The summed E-state index contributed by atoms with van der Waals surface area (Å²) >= 11 is 5.72. The first-order valence-electron chi connectivity index (χ1n) is 5.20. The summed E-state index contributed by atoms with van der Waals surface area (Å²) in [6.07, 6.45) is 0. The van der Waals surface area contributed by atoms with Gasteiger partial charge in [0.05, 0.1) is 10.6 Å².